The average molecular weight is 192 g/mol. The minimum absolute atomic E-state index is 0. The molecule has 0 heterocycles. The normalized spacial score (nSPS) is 10.8. The quantitative estimate of drug-likeness (QED) is 0.634. The van der Waals surface area contributed by atoms with Crippen LogP contribution in [0, 0.1) is 0 Å². The molecule has 74 valence electrons. The third-order valence-corrected chi connectivity index (χ3v) is 1.83. The minimum atomic E-state index is 0. The molecule has 0 rings (SSSR count). The Bertz CT molecular complexity index is 110. The van der Waals surface area contributed by atoms with Gasteiger partial charge in [0, 0.05) is 6.54 Å². The standard InChI is InChI=1S/C10H21N.ClH/c1-4-6-7-8-11-9-10(3)5-2;/h9,11H,4-8H2,1-3H3;1H. The maximum Gasteiger partial charge on any atom is 0.0141 e. The van der Waals surface area contributed by atoms with Crippen molar-refractivity contribution in [3.05, 3.63) is 11.8 Å². The molecule has 0 aromatic rings. The molecule has 0 atom stereocenters. The number of allylic oxidation sites excluding steroid dienone is 1. The van der Waals surface area contributed by atoms with E-state index in [1.807, 2.05) is 0 Å². The number of hydrogen-bond acceptors (Lipinski definition) is 1. The maximum absolute atomic E-state index is 3.31. The zero-order chi connectivity index (χ0) is 8.53. The van der Waals surface area contributed by atoms with Crippen LogP contribution in [-0.2, 0) is 0 Å². The Morgan fingerprint density at radius 2 is 1.92 bits per heavy atom. The minimum Gasteiger partial charge on any atom is -0.391 e. The van der Waals surface area contributed by atoms with Gasteiger partial charge in [-0.1, -0.05) is 32.3 Å². The maximum atomic E-state index is 3.31. The second-order valence-electron chi connectivity index (χ2n) is 3.01. The third-order valence-electron chi connectivity index (χ3n) is 1.83. The van der Waals surface area contributed by atoms with Gasteiger partial charge in [-0.2, -0.15) is 0 Å². The van der Waals surface area contributed by atoms with Gasteiger partial charge in [0.25, 0.3) is 0 Å². The second kappa shape index (κ2) is 10.8. The van der Waals surface area contributed by atoms with Crippen LogP contribution in [-0.4, -0.2) is 6.54 Å². The summed E-state index contributed by atoms with van der Waals surface area (Å²) in [5.41, 5.74) is 1.43. The van der Waals surface area contributed by atoms with Crippen LogP contribution in [0.5, 0.6) is 0 Å². The van der Waals surface area contributed by atoms with E-state index < -0.39 is 0 Å². The first-order valence-electron chi connectivity index (χ1n) is 4.70. The second-order valence-corrected chi connectivity index (χ2v) is 3.01. The van der Waals surface area contributed by atoms with Crippen molar-refractivity contribution in [2.45, 2.75) is 46.5 Å². The van der Waals surface area contributed by atoms with Crippen molar-refractivity contribution in [1.29, 1.82) is 0 Å². The molecule has 1 N–H and O–H groups in total. The van der Waals surface area contributed by atoms with Crippen molar-refractivity contribution in [3.63, 3.8) is 0 Å². The zero-order valence-corrected chi connectivity index (χ0v) is 9.34. The Kier molecular flexibility index (Phi) is 13.0. The highest BCUT2D eigenvalue weighted by atomic mass is 35.5. The highest BCUT2D eigenvalue weighted by Crippen LogP contribution is 1.95. The van der Waals surface area contributed by atoms with Crippen LogP contribution in [0.4, 0.5) is 0 Å². The largest absolute Gasteiger partial charge is 0.391 e. The fourth-order valence-electron chi connectivity index (χ4n) is 0.826. The van der Waals surface area contributed by atoms with Crippen LogP contribution in [0.25, 0.3) is 0 Å². The summed E-state index contributed by atoms with van der Waals surface area (Å²) in [5, 5.41) is 3.31. The van der Waals surface area contributed by atoms with Crippen LogP contribution >= 0.6 is 12.4 Å². The Labute approximate surface area is 83.0 Å². The number of unbranched alkanes of at least 4 members (excludes halogenated alkanes) is 2. The van der Waals surface area contributed by atoms with Crippen molar-refractivity contribution in [1.82, 2.24) is 5.32 Å². The van der Waals surface area contributed by atoms with E-state index in [9.17, 15) is 0 Å². The molecule has 0 aliphatic heterocycles. The zero-order valence-electron chi connectivity index (χ0n) is 8.52. The van der Waals surface area contributed by atoms with Crippen molar-refractivity contribution < 1.29 is 0 Å². The first-order valence-corrected chi connectivity index (χ1v) is 4.70. The lowest BCUT2D eigenvalue weighted by atomic mass is 10.2. The third kappa shape index (κ3) is 9.83. The summed E-state index contributed by atoms with van der Waals surface area (Å²) in [6.45, 7) is 7.70. The lowest BCUT2D eigenvalue weighted by Gasteiger charge is -2.00. The van der Waals surface area contributed by atoms with Crippen LogP contribution in [0.15, 0.2) is 11.8 Å². The van der Waals surface area contributed by atoms with E-state index >= 15 is 0 Å². The summed E-state index contributed by atoms with van der Waals surface area (Å²) in [6, 6.07) is 0. The van der Waals surface area contributed by atoms with Crippen LogP contribution in [0.1, 0.15) is 46.5 Å². The summed E-state index contributed by atoms with van der Waals surface area (Å²) < 4.78 is 0. The van der Waals surface area contributed by atoms with Crippen LogP contribution in [0.3, 0.4) is 0 Å². The van der Waals surface area contributed by atoms with E-state index in [1.165, 1.54) is 24.8 Å². The topological polar surface area (TPSA) is 12.0 Å². The van der Waals surface area contributed by atoms with Crippen molar-refractivity contribution in [2.24, 2.45) is 0 Å². The summed E-state index contributed by atoms with van der Waals surface area (Å²) in [7, 11) is 0. The Balaban J connectivity index is 0. The first-order chi connectivity index (χ1) is 5.31. The smallest absolute Gasteiger partial charge is 0.0141 e. The Morgan fingerprint density at radius 1 is 1.25 bits per heavy atom. The van der Waals surface area contributed by atoms with Gasteiger partial charge in [-0.25, -0.2) is 0 Å². The van der Waals surface area contributed by atoms with E-state index in [2.05, 4.69) is 32.3 Å². The molecule has 0 aliphatic carbocycles. The van der Waals surface area contributed by atoms with Crippen molar-refractivity contribution >= 4 is 12.4 Å². The Hall–Kier alpha value is -0.170. The fraction of sp³-hybridized carbons (Fsp3) is 0.800. The molecule has 0 saturated heterocycles. The van der Waals surface area contributed by atoms with Crippen LogP contribution in [0.2, 0.25) is 0 Å². The van der Waals surface area contributed by atoms with E-state index in [4.69, 9.17) is 0 Å². The molecule has 0 amide bonds. The molecule has 2 heteroatoms. The summed E-state index contributed by atoms with van der Waals surface area (Å²) in [5.74, 6) is 0. The van der Waals surface area contributed by atoms with Crippen molar-refractivity contribution in [3.8, 4) is 0 Å². The van der Waals surface area contributed by atoms with E-state index in [0.717, 1.165) is 13.0 Å². The molecule has 0 radical (unpaired) electrons. The van der Waals surface area contributed by atoms with E-state index in [1.54, 1.807) is 0 Å². The van der Waals surface area contributed by atoms with Gasteiger partial charge in [0.05, 0.1) is 0 Å². The number of rotatable bonds is 6. The summed E-state index contributed by atoms with van der Waals surface area (Å²) >= 11 is 0. The fourth-order valence-corrected chi connectivity index (χ4v) is 0.826. The van der Waals surface area contributed by atoms with Gasteiger partial charge in [0.2, 0.25) is 0 Å². The lowest BCUT2D eigenvalue weighted by Crippen LogP contribution is -2.07. The molecule has 1 nitrogen and oxygen atoms in total. The Morgan fingerprint density at radius 3 is 2.42 bits per heavy atom. The first kappa shape index (κ1) is 14.4. The van der Waals surface area contributed by atoms with E-state index in [0.29, 0.717) is 0 Å². The average Bonchev–Trinajstić information content (AvgIpc) is 2.04. The number of halogens is 1. The van der Waals surface area contributed by atoms with Crippen LogP contribution < -0.4 is 5.32 Å². The van der Waals surface area contributed by atoms with Gasteiger partial charge < -0.3 is 5.32 Å². The molecule has 0 saturated carbocycles. The van der Waals surface area contributed by atoms with Gasteiger partial charge in [-0.15, -0.1) is 12.4 Å². The van der Waals surface area contributed by atoms with Gasteiger partial charge in [-0.3, -0.25) is 0 Å². The number of nitrogens with one attached hydrogen (secondary N) is 1. The molecule has 0 aromatic heterocycles. The molecule has 0 fully saturated rings. The van der Waals surface area contributed by atoms with Gasteiger partial charge in [0.1, 0.15) is 0 Å². The molecule has 0 aliphatic rings. The van der Waals surface area contributed by atoms with Gasteiger partial charge >= 0.3 is 0 Å². The monoisotopic (exact) mass is 191 g/mol. The number of hydrogen-bond donors (Lipinski definition) is 1. The molecule has 0 unspecified atom stereocenters. The van der Waals surface area contributed by atoms with Gasteiger partial charge in [-0.05, 0) is 26.0 Å². The van der Waals surface area contributed by atoms with Gasteiger partial charge in [0.15, 0.2) is 0 Å². The molecule has 0 bridgehead atoms. The predicted molar refractivity (Wildman–Crippen MR) is 58.8 cm³/mol. The highest BCUT2D eigenvalue weighted by molar-refractivity contribution is 5.85. The molecular weight excluding hydrogens is 170 g/mol. The molecular formula is C10H22ClN. The summed E-state index contributed by atoms with van der Waals surface area (Å²) in [4.78, 5) is 0. The predicted octanol–water partition coefficient (Wildman–Crippen LogP) is 3.50. The lowest BCUT2D eigenvalue weighted by molar-refractivity contribution is 0.680. The van der Waals surface area contributed by atoms with Crippen molar-refractivity contribution in [2.75, 3.05) is 6.54 Å². The molecule has 0 aromatic carbocycles. The molecule has 0 spiro atoms. The molecule has 12 heavy (non-hydrogen) atoms. The SMILES string of the molecule is CCCCCNC=C(C)CC.Cl. The van der Waals surface area contributed by atoms with E-state index in [-0.39, 0.29) is 12.4 Å². The summed E-state index contributed by atoms with van der Waals surface area (Å²) in [6.07, 6.45) is 7.23. The highest BCUT2D eigenvalue weighted by Gasteiger charge is 1.84.